The Morgan fingerprint density at radius 3 is 3.11 bits per heavy atom. The Morgan fingerprint density at radius 2 is 2.37 bits per heavy atom. The lowest BCUT2D eigenvalue weighted by Gasteiger charge is -2.21. The number of nitrogens with one attached hydrogen (secondary N) is 1. The van der Waals surface area contributed by atoms with Crippen LogP contribution in [0.2, 0.25) is 0 Å². The molecule has 19 heavy (non-hydrogen) atoms. The normalized spacial score (nSPS) is 19.8. The number of nitrogen functional groups attached to an aromatic ring is 1. The summed E-state index contributed by atoms with van der Waals surface area (Å²) < 4.78 is 5.74. The average Bonchev–Trinajstić information content (AvgIpc) is 2.79. The highest BCUT2D eigenvalue weighted by atomic mass is 32.1. The van der Waals surface area contributed by atoms with Crippen molar-refractivity contribution in [2.45, 2.75) is 38.7 Å². The van der Waals surface area contributed by atoms with Crippen molar-refractivity contribution in [1.82, 2.24) is 9.97 Å². The molecular formula is C13H18N4OS. The maximum absolute atomic E-state index is 5.74. The number of hydrogen-bond donors (Lipinski definition) is 2. The Bertz CT molecular complexity index is 577. The molecule has 0 amide bonds. The molecule has 0 saturated carbocycles. The van der Waals surface area contributed by atoms with Crippen LogP contribution >= 0.6 is 11.3 Å². The summed E-state index contributed by atoms with van der Waals surface area (Å²) in [5, 5.41) is 0.998. The number of aromatic nitrogens is 2. The molecule has 1 unspecified atom stereocenters. The molecule has 1 atom stereocenters. The molecule has 1 aliphatic heterocycles. The van der Waals surface area contributed by atoms with E-state index in [4.69, 9.17) is 10.6 Å². The molecule has 3 rings (SSSR count). The monoisotopic (exact) mass is 278 g/mol. The average molecular weight is 278 g/mol. The molecule has 2 aromatic heterocycles. The van der Waals surface area contributed by atoms with Gasteiger partial charge in [-0.2, -0.15) is 0 Å². The second-order valence-corrected chi connectivity index (χ2v) is 6.14. The van der Waals surface area contributed by atoms with Gasteiger partial charge in [-0.1, -0.05) is 0 Å². The second-order valence-electron chi connectivity index (χ2n) is 4.90. The maximum atomic E-state index is 5.74. The third kappa shape index (κ3) is 2.70. The number of rotatable bonds is 3. The fourth-order valence-corrected chi connectivity index (χ4v) is 3.36. The molecule has 0 aliphatic carbocycles. The number of nitrogens with zero attached hydrogens (tertiary/aromatic N) is 2. The van der Waals surface area contributed by atoms with Gasteiger partial charge in [0, 0.05) is 17.9 Å². The predicted octanol–water partition coefficient (Wildman–Crippen LogP) is 2.40. The topological polar surface area (TPSA) is 73.1 Å². The van der Waals surface area contributed by atoms with Crippen LogP contribution in [0, 0.1) is 6.92 Å². The summed E-state index contributed by atoms with van der Waals surface area (Å²) >= 11 is 1.67. The molecule has 1 aliphatic rings. The lowest BCUT2D eigenvalue weighted by atomic mass is 10.1. The highest BCUT2D eigenvalue weighted by molar-refractivity contribution is 7.18. The van der Waals surface area contributed by atoms with E-state index in [1.807, 2.05) is 0 Å². The fraction of sp³-hybridized carbons (Fsp3) is 0.538. The van der Waals surface area contributed by atoms with Crippen LogP contribution in [0.1, 0.15) is 30.0 Å². The Morgan fingerprint density at radius 1 is 1.47 bits per heavy atom. The van der Waals surface area contributed by atoms with Gasteiger partial charge in [-0.05, 0) is 32.3 Å². The fourth-order valence-electron chi connectivity index (χ4n) is 2.46. The standard InChI is InChI=1S/C13H18N4OS/c1-8-6-10-12(17-14)15-11(16-13(10)19-8)7-9-4-2-3-5-18-9/h6,9H,2-5,7,14H2,1H3,(H,15,16,17). The van der Waals surface area contributed by atoms with Crippen molar-refractivity contribution in [3.63, 3.8) is 0 Å². The van der Waals surface area contributed by atoms with E-state index in [-0.39, 0.29) is 6.10 Å². The molecule has 2 aromatic rings. The molecule has 102 valence electrons. The predicted molar refractivity (Wildman–Crippen MR) is 77.3 cm³/mol. The molecule has 6 heteroatoms. The molecule has 1 fully saturated rings. The van der Waals surface area contributed by atoms with Crippen LogP contribution in [0.4, 0.5) is 5.82 Å². The van der Waals surface area contributed by atoms with E-state index >= 15 is 0 Å². The smallest absolute Gasteiger partial charge is 0.152 e. The van der Waals surface area contributed by atoms with Crippen LogP contribution in [0.3, 0.4) is 0 Å². The first-order valence-electron chi connectivity index (χ1n) is 6.61. The number of hydrazine groups is 1. The molecule has 0 aromatic carbocycles. The van der Waals surface area contributed by atoms with Gasteiger partial charge in [-0.15, -0.1) is 11.3 Å². The lowest BCUT2D eigenvalue weighted by molar-refractivity contribution is 0.0157. The number of thiophene rings is 1. The summed E-state index contributed by atoms with van der Waals surface area (Å²) in [5.74, 6) is 7.08. The van der Waals surface area contributed by atoms with Gasteiger partial charge in [0.25, 0.3) is 0 Å². The van der Waals surface area contributed by atoms with Gasteiger partial charge >= 0.3 is 0 Å². The maximum Gasteiger partial charge on any atom is 0.152 e. The summed E-state index contributed by atoms with van der Waals surface area (Å²) in [6.07, 6.45) is 4.50. The molecule has 1 saturated heterocycles. The molecule has 0 spiro atoms. The highest BCUT2D eigenvalue weighted by Crippen LogP contribution is 2.28. The van der Waals surface area contributed by atoms with Crippen molar-refractivity contribution in [3.05, 3.63) is 16.8 Å². The van der Waals surface area contributed by atoms with Gasteiger partial charge in [0.15, 0.2) is 5.82 Å². The van der Waals surface area contributed by atoms with Crippen LogP contribution in [0.5, 0.6) is 0 Å². The summed E-state index contributed by atoms with van der Waals surface area (Å²) in [4.78, 5) is 11.3. The molecule has 0 bridgehead atoms. The lowest BCUT2D eigenvalue weighted by Crippen LogP contribution is -2.22. The van der Waals surface area contributed by atoms with E-state index in [1.54, 1.807) is 11.3 Å². The van der Waals surface area contributed by atoms with Crippen LogP contribution in [0.25, 0.3) is 10.2 Å². The van der Waals surface area contributed by atoms with Gasteiger partial charge in [-0.3, -0.25) is 0 Å². The van der Waals surface area contributed by atoms with Crippen molar-refractivity contribution in [2.24, 2.45) is 5.84 Å². The van der Waals surface area contributed by atoms with Gasteiger partial charge in [-0.25, -0.2) is 15.8 Å². The minimum Gasteiger partial charge on any atom is -0.378 e. The zero-order valence-electron chi connectivity index (χ0n) is 11.0. The van der Waals surface area contributed by atoms with Crippen LogP contribution < -0.4 is 11.3 Å². The zero-order valence-corrected chi connectivity index (χ0v) is 11.8. The summed E-state index contributed by atoms with van der Waals surface area (Å²) in [6.45, 7) is 2.92. The van der Waals surface area contributed by atoms with E-state index in [2.05, 4.69) is 28.4 Å². The largest absolute Gasteiger partial charge is 0.378 e. The Labute approximate surface area is 116 Å². The molecule has 5 nitrogen and oxygen atoms in total. The van der Waals surface area contributed by atoms with Crippen molar-refractivity contribution in [1.29, 1.82) is 0 Å². The Kier molecular flexibility index (Phi) is 3.63. The van der Waals surface area contributed by atoms with Crippen molar-refractivity contribution in [2.75, 3.05) is 12.0 Å². The first-order valence-corrected chi connectivity index (χ1v) is 7.43. The van der Waals surface area contributed by atoms with Crippen molar-refractivity contribution < 1.29 is 4.74 Å². The number of anilines is 1. The second kappa shape index (κ2) is 5.40. The first kappa shape index (κ1) is 12.8. The van der Waals surface area contributed by atoms with E-state index in [0.717, 1.165) is 41.9 Å². The summed E-state index contributed by atoms with van der Waals surface area (Å²) in [6, 6.07) is 2.07. The zero-order chi connectivity index (χ0) is 13.2. The number of nitrogens with two attached hydrogens (primary N) is 1. The Hall–Kier alpha value is -1.24. The minimum atomic E-state index is 0.248. The minimum absolute atomic E-state index is 0.248. The quantitative estimate of drug-likeness (QED) is 0.666. The number of fused-ring (bicyclic) bond motifs is 1. The van der Waals surface area contributed by atoms with Crippen molar-refractivity contribution >= 4 is 27.4 Å². The van der Waals surface area contributed by atoms with Gasteiger partial charge in [0.05, 0.1) is 11.5 Å². The van der Waals surface area contributed by atoms with E-state index in [0.29, 0.717) is 5.82 Å². The van der Waals surface area contributed by atoms with Gasteiger partial charge in [0.1, 0.15) is 10.7 Å². The van der Waals surface area contributed by atoms with E-state index in [1.165, 1.54) is 11.3 Å². The van der Waals surface area contributed by atoms with Crippen LogP contribution in [0.15, 0.2) is 6.07 Å². The number of aryl methyl sites for hydroxylation is 1. The molecule has 3 heterocycles. The highest BCUT2D eigenvalue weighted by Gasteiger charge is 2.17. The third-order valence-corrected chi connectivity index (χ3v) is 4.33. The van der Waals surface area contributed by atoms with Gasteiger partial charge in [0.2, 0.25) is 0 Å². The summed E-state index contributed by atoms with van der Waals surface area (Å²) in [5.41, 5.74) is 2.68. The van der Waals surface area contributed by atoms with Gasteiger partial charge < -0.3 is 10.2 Å². The van der Waals surface area contributed by atoms with Crippen molar-refractivity contribution in [3.8, 4) is 0 Å². The molecular weight excluding hydrogens is 260 g/mol. The molecule has 3 N–H and O–H groups in total. The molecule has 0 radical (unpaired) electrons. The third-order valence-electron chi connectivity index (χ3n) is 3.38. The van der Waals surface area contributed by atoms with Crippen LogP contribution in [-0.2, 0) is 11.2 Å². The number of ether oxygens (including phenoxy) is 1. The summed E-state index contributed by atoms with van der Waals surface area (Å²) in [7, 11) is 0. The first-order chi connectivity index (χ1) is 9.26. The Balaban J connectivity index is 1.90. The van der Waals surface area contributed by atoms with E-state index in [9.17, 15) is 0 Å². The van der Waals surface area contributed by atoms with Crippen LogP contribution in [-0.4, -0.2) is 22.7 Å². The SMILES string of the molecule is Cc1cc2c(NN)nc(CC3CCCCO3)nc2s1. The van der Waals surface area contributed by atoms with E-state index < -0.39 is 0 Å². The number of hydrogen-bond acceptors (Lipinski definition) is 6.